The second-order valence-electron chi connectivity index (χ2n) is 11.0. The summed E-state index contributed by atoms with van der Waals surface area (Å²) in [4.78, 5) is 26.4. The number of carbonyl (C=O) groups is 2. The molecule has 3 aromatic rings. The maximum absolute atomic E-state index is 11.0. The first-order valence-electron chi connectivity index (χ1n) is 16.6. The Kier molecular flexibility index (Phi) is 17.9. The number of carbonyl (C=O) groups excluding carboxylic acids is 2. The standard InChI is InChI=1S/C41H45NO6/c1-3-40(43)47-31-13-9-5-7-11-29-45-38-25-19-34(20-26-38)15-16-36-18-24-37(42-33-36)23-17-35-21-27-39(28-22-35)46-30-12-8-6-10-14-32-48-41(44)4-2/h3-4,18-22,24-28,33H,1-2,5-14,29-32H2. The van der Waals surface area contributed by atoms with Gasteiger partial charge >= 0.3 is 11.9 Å². The summed E-state index contributed by atoms with van der Waals surface area (Å²) in [5.74, 6) is 13.5. The van der Waals surface area contributed by atoms with Gasteiger partial charge in [-0.1, -0.05) is 69.4 Å². The lowest BCUT2D eigenvalue weighted by molar-refractivity contribution is -0.138. The number of unbranched alkanes of at least 4 members (excludes halogenated alkanes) is 8. The highest BCUT2D eigenvalue weighted by Gasteiger charge is 1.99. The normalized spacial score (nSPS) is 10.0. The van der Waals surface area contributed by atoms with Crippen molar-refractivity contribution in [3.8, 4) is 35.2 Å². The Morgan fingerprint density at radius 2 is 0.917 bits per heavy atom. The van der Waals surface area contributed by atoms with Gasteiger partial charge in [0.25, 0.3) is 0 Å². The summed E-state index contributed by atoms with van der Waals surface area (Å²) in [6.07, 6.45) is 14.2. The van der Waals surface area contributed by atoms with Gasteiger partial charge < -0.3 is 18.9 Å². The molecule has 0 radical (unpaired) electrons. The lowest BCUT2D eigenvalue weighted by Crippen LogP contribution is -2.01. The molecule has 0 spiro atoms. The van der Waals surface area contributed by atoms with Gasteiger partial charge in [-0.3, -0.25) is 0 Å². The third-order valence-corrected chi connectivity index (χ3v) is 7.09. The van der Waals surface area contributed by atoms with Crippen molar-refractivity contribution < 1.29 is 28.5 Å². The van der Waals surface area contributed by atoms with Crippen LogP contribution in [0.25, 0.3) is 0 Å². The molecular weight excluding hydrogens is 602 g/mol. The summed E-state index contributed by atoms with van der Waals surface area (Å²) in [7, 11) is 0. The van der Waals surface area contributed by atoms with Crippen LogP contribution in [0.4, 0.5) is 0 Å². The first kappa shape index (κ1) is 37.2. The average molecular weight is 648 g/mol. The minimum absolute atomic E-state index is 0.362. The summed E-state index contributed by atoms with van der Waals surface area (Å²) in [5.41, 5.74) is 3.28. The summed E-state index contributed by atoms with van der Waals surface area (Å²) >= 11 is 0. The topological polar surface area (TPSA) is 84.0 Å². The molecule has 0 aliphatic carbocycles. The highest BCUT2D eigenvalue weighted by Crippen LogP contribution is 2.14. The van der Waals surface area contributed by atoms with Gasteiger partial charge in [-0.2, -0.15) is 0 Å². The molecular formula is C41H45NO6. The smallest absolute Gasteiger partial charge is 0.330 e. The van der Waals surface area contributed by atoms with Crippen LogP contribution in [0.3, 0.4) is 0 Å². The fraction of sp³-hybridized carbons (Fsp3) is 0.341. The van der Waals surface area contributed by atoms with Gasteiger partial charge in [0.2, 0.25) is 0 Å². The van der Waals surface area contributed by atoms with E-state index in [1.807, 2.05) is 60.7 Å². The van der Waals surface area contributed by atoms with Crippen LogP contribution in [0.5, 0.6) is 11.5 Å². The number of aromatic nitrogens is 1. The summed E-state index contributed by atoms with van der Waals surface area (Å²) in [6.45, 7) is 9.00. The van der Waals surface area contributed by atoms with Crippen molar-refractivity contribution in [3.05, 3.63) is 115 Å². The van der Waals surface area contributed by atoms with E-state index in [2.05, 4.69) is 41.8 Å². The van der Waals surface area contributed by atoms with E-state index < -0.39 is 0 Å². The molecule has 0 amide bonds. The van der Waals surface area contributed by atoms with Crippen molar-refractivity contribution in [2.45, 2.75) is 64.2 Å². The molecule has 1 heterocycles. The van der Waals surface area contributed by atoms with Gasteiger partial charge in [-0.05, 0) is 92.3 Å². The molecule has 0 atom stereocenters. The third kappa shape index (κ3) is 16.3. The van der Waals surface area contributed by atoms with E-state index in [0.717, 1.165) is 92.4 Å². The number of hydrogen-bond acceptors (Lipinski definition) is 7. The fourth-order valence-electron chi connectivity index (χ4n) is 4.40. The quantitative estimate of drug-likeness (QED) is 0.0532. The van der Waals surface area contributed by atoms with Crippen molar-refractivity contribution in [3.63, 3.8) is 0 Å². The second kappa shape index (κ2) is 23.1. The first-order valence-corrected chi connectivity index (χ1v) is 16.6. The van der Waals surface area contributed by atoms with Crippen LogP contribution in [-0.4, -0.2) is 43.4 Å². The predicted octanol–water partition coefficient (Wildman–Crippen LogP) is 8.00. The monoisotopic (exact) mass is 647 g/mol. The van der Waals surface area contributed by atoms with Crippen molar-refractivity contribution in [2.24, 2.45) is 0 Å². The minimum Gasteiger partial charge on any atom is -0.494 e. The van der Waals surface area contributed by atoms with E-state index >= 15 is 0 Å². The summed E-state index contributed by atoms with van der Waals surface area (Å²) in [5, 5.41) is 0. The number of esters is 2. The Morgan fingerprint density at radius 3 is 1.35 bits per heavy atom. The molecule has 0 aliphatic heterocycles. The van der Waals surface area contributed by atoms with E-state index in [4.69, 9.17) is 18.9 Å². The van der Waals surface area contributed by atoms with Gasteiger partial charge in [0.1, 0.15) is 17.2 Å². The molecule has 0 N–H and O–H groups in total. The van der Waals surface area contributed by atoms with Crippen molar-refractivity contribution in [1.82, 2.24) is 4.98 Å². The number of nitrogens with zero attached hydrogens (tertiary/aromatic N) is 1. The number of rotatable bonds is 20. The van der Waals surface area contributed by atoms with E-state index in [1.54, 1.807) is 6.20 Å². The second-order valence-corrected chi connectivity index (χ2v) is 11.0. The van der Waals surface area contributed by atoms with Gasteiger partial charge in [0.05, 0.1) is 26.4 Å². The molecule has 0 unspecified atom stereocenters. The molecule has 7 heteroatoms. The predicted molar refractivity (Wildman–Crippen MR) is 189 cm³/mol. The number of benzene rings is 2. The van der Waals surface area contributed by atoms with Crippen LogP contribution in [0.1, 0.15) is 86.6 Å². The Bertz CT molecular complexity index is 1420. The van der Waals surface area contributed by atoms with E-state index in [9.17, 15) is 9.59 Å². The largest absolute Gasteiger partial charge is 0.494 e. The zero-order valence-corrected chi connectivity index (χ0v) is 27.7. The highest BCUT2D eigenvalue weighted by atomic mass is 16.5. The molecule has 7 nitrogen and oxygen atoms in total. The minimum atomic E-state index is -0.363. The molecule has 0 saturated carbocycles. The fourth-order valence-corrected chi connectivity index (χ4v) is 4.40. The Labute approximate surface area is 285 Å². The lowest BCUT2D eigenvalue weighted by Gasteiger charge is -2.06. The molecule has 1 aromatic heterocycles. The molecule has 3 rings (SSSR count). The van der Waals surface area contributed by atoms with Gasteiger partial charge in [-0.25, -0.2) is 14.6 Å². The first-order chi connectivity index (χ1) is 23.6. The van der Waals surface area contributed by atoms with Gasteiger partial charge in [0, 0.05) is 35.0 Å². The van der Waals surface area contributed by atoms with Crippen LogP contribution < -0.4 is 9.47 Å². The maximum atomic E-state index is 11.0. The molecule has 250 valence electrons. The molecule has 48 heavy (non-hydrogen) atoms. The van der Waals surface area contributed by atoms with E-state index in [1.165, 1.54) is 12.2 Å². The molecule has 0 bridgehead atoms. The lowest BCUT2D eigenvalue weighted by atomic mass is 10.1. The maximum Gasteiger partial charge on any atom is 0.330 e. The Morgan fingerprint density at radius 1 is 0.521 bits per heavy atom. The van der Waals surface area contributed by atoms with Crippen LogP contribution in [0.2, 0.25) is 0 Å². The number of hydrogen-bond donors (Lipinski definition) is 0. The number of pyridine rings is 1. The van der Waals surface area contributed by atoms with Crippen molar-refractivity contribution in [2.75, 3.05) is 26.4 Å². The van der Waals surface area contributed by atoms with E-state index in [0.29, 0.717) is 32.1 Å². The molecule has 0 fully saturated rings. The Hall–Kier alpha value is -5.27. The zero-order chi connectivity index (χ0) is 34.1. The summed E-state index contributed by atoms with van der Waals surface area (Å²) < 4.78 is 21.6. The van der Waals surface area contributed by atoms with E-state index in [-0.39, 0.29) is 11.9 Å². The number of ether oxygens (including phenoxy) is 4. The SMILES string of the molecule is C=CC(=O)OCCCCCCCOc1ccc(C#Cc2ccc(C#Cc3ccc(OCCCCCCCOC(=O)C=C)cc3)nc2)cc1. The highest BCUT2D eigenvalue weighted by molar-refractivity contribution is 5.81. The van der Waals surface area contributed by atoms with Crippen LogP contribution >= 0.6 is 0 Å². The molecule has 0 saturated heterocycles. The van der Waals surface area contributed by atoms with Crippen molar-refractivity contribution >= 4 is 11.9 Å². The summed E-state index contributed by atoms with van der Waals surface area (Å²) in [6, 6.07) is 19.3. The van der Waals surface area contributed by atoms with Crippen LogP contribution in [-0.2, 0) is 19.1 Å². The van der Waals surface area contributed by atoms with Gasteiger partial charge in [-0.15, -0.1) is 0 Å². The molecule has 2 aromatic carbocycles. The van der Waals surface area contributed by atoms with Crippen molar-refractivity contribution in [1.29, 1.82) is 0 Å². The molecule has 0 aliphatic rings. The van der Waals surface area contributed by atoms with Crippen LogP contribution in [0, 0.1) is 23.7 Å². The average Bonchev–Trinajstić information content (AvgIpc) is 3.12. The zero-order valence-electron chi connectivity index (χ0n) is 27.7. The third-order valence-electron chi connectivity index (χ3n) is 7.09. The Balaban J connectivity index is 1.30. The van der Waals surface area contributed by atoms with Gasteiger partial charge in [0.15, 0.2) is 0 Å². The van der Waals surface area contributed by atoms with Crippen LogP contribution in [0.15, 0.2) is 92.2 Å².